The van der Waals surface area contributed by atoms with Crippen LogP contribution in [0.15, 0.2) is 12.1 Å². The van der Waals surface area contributed by atoms with Gasteiger partial charge in [0, 0.05) is 30.5 Å². The van der Waals surface area contributed by atoms with Crippen molar-refractivity contribution in [2.24, 2.45) is 17.3 Å². The standard InChI is InChI=1S/C20H24O6/c1-9(21)26-17-6-10(22)5-13-15(23)7-12-11(18(13)17)3-4-20(2)14(12)8-16(24)19(20)25/h5-6,11-12,14,16,19,22,24-25H,3-4,7-8H2,1-2H3/t11-,12+,14-,16+,19-,20-/m0/s1. The number of phenolic OH excluding ortho intramolecular Hbond substituents is 1. The van der Waals surface area contributed by atoms with Crippen molar-refractivity contribution in [2.45, 2.75) is 57.7 Å². The number of aromatic hydroxyl groups is 1. The van der Waals surface area contributed by atoms with Gasteiger partial charge < -0.3 is 20.1 Å². The van der Waals surface area contributed by atoms with Gasteiger partial charge in [-0.1, -0.05) is 6.92 Å². The number of benzene rings is 1. The van der Waals surface area contributed by atoms with Crippen LogP contribution in [0.2, 0.25) is 0 Å². The Kier molecular flexibility index (Phi) is 3.90. The minimum absolute atomic E-state index is 0.00762. The average molecular weight is 360 g/mol. The van der Waals surface area contributed by atoms with E-state index in [0.717, 1.165) is 12.8 Å². The molecule has 6 nitrogen and oxygen atoms in total. The maximum Gasteiger partial charge on any atom is 0.308 e. The topological polar surface area (TPSA) is 104 Å². The number of carbonyl (C=O) groups excluding carboxylic acids is 2. The summed E-state index contributed by atoms with van der Waals surface area (Å²) in [5.41, 5.74) is 0.707. The lowest BCUT2D eigenvalue weighted by atomic mass is 9.55. The molecule has 140 valence electrons. The van der Waals surface area contributed by atoms with E-state index in [-0.39, 0.29) is 35.0 Å². The van der Waals surface area contributed by atoms with E-state index in [9.17, 15) is 24.9 Å². The Bertz CT molecular complexity index is 787. The summed E-state index contributed by atoms with van der Waals surface area (Å²) in [6, 6.07) is 2.84. The van der Waals surface area contributed by atoms with Gasteiger partial charge in [-0.05, 0) is 48.5 Å². The predicted molar refractivity (Wildman–Crippen MR) is 92.1 cm³/mol. The monoisotopic (exact) mass is 360 g/mol. The van der Waals surface area contributed by atoms with Gasteiger partial charge in [0.15, 0.2) is 5.78 Å². The molecular weight excluding hydrogens is 336 g/mol. The summed E-state index contributed by atoms with van der Waals surface area (Å²) >= 11 is 0. The summed E-state index contributed by atoms with van der Waals surface area (Å²) in [6.07, 6.45) is 0.708. The fourth-order valence-corrected chi connectivity index (χ4v) is 5.71. The molecule has 0 radical (unpaired) electrons. The van der Waals surface area contributed by atoms with Gasteiger partial charge in [0.2, 0.25) is 0 Å². The van der Waals surface area contributed by atoms with Gasteiger partial charge >= 0.3 is 5.97 Å². The number of ketones is 1. The lowest BCUT2D eigenvalue weighted by Crippen LogP contribution is -2.45. The van der Waals surface area contributed by atoms with Crippen LogP contribution in [0.5, 0.6) is 11.5 Å². The number of aliphatic hydroxyl groups is 2. The second-order valence-electron chi connectivity index (χ2n) is 8.30. The summed E-state index contributed by atoms with van der Waals surface area (Å²) in [7, 11) is 0. The molecule has 1 aromatic rings. The Labute approximate surface area is 151 Å². The molecule has 2 saturated carbocycles. The van der Waals surface area contributed by atoms with E-state index < -0.39 is 23.6 Å². The molecule has 0 heterocycles. The summed E-state index contributed by atoms with van der Waals surface area (Å²) in [5, 5.41) is 30.6. The number of esters is 1. The molecule has 6 heteroatoms. The Morgan fingerprint density at radius 3 is 2.73 bits per heavy atom. The van der Waals surface area contributed by atoms with Crippen molar-refractivity contribution >= 4 is 11.8 Å². The van der Waals surface area contributed by atoms with E-state index in [1.807, 2.05) is 6.92 Å². The third kappa shape index (κ3) is 2.39. The molecule has 2 fully saturated rings. The van der Waals surface area contributed by atoms with Crippen LogP contribution < -0.4 is 4.74 Å². The number of hydrogen-bond donors (Lipinski definition) is 3. The van der Waals surface area contributed by atoms with Gasteiger partial charge in [-0.3, -0.25) is 9.59 Å². The summed E-state index contributed by atoms with van der Waals surface area (Å²) < 4.78 is 5.32. The largest absolute Gasteiger partial charge is 0.508 e. The number of aliphatic hydroxyl groups excluding tert-OH is 2. The number of fused-ring (bicyclic) bond motifs is 5. The number of ether oxygens (including phenoxy) is 1. The summed E-state index contributed by atoms with van der Waals surface area (Å²) in [4.78, 5) is 24.3. The number of rotatable bonds is 1. The molecule has 0 spiro atoms. The van der Waals surface area contributed by atoms with Crippen molar-refractivity contribution < 1.29 is 29.6 Å². The first kappa shape index (κ1) is 17.5. The van der Waals surface area contributed by atoms with Crippen molar-refractivity contribution in [3.63, 3.8) is 0 Å². The van der Waals surface area contributed by atoms with Gasteiger partial charge in [-0.2, -0.15) is 0 Å². The quantitative estimate of drug-likeness (QED) is 0.524. The average Bonchev–Trinajstić information content (AvgIpc) is 2.79. The Morgan fingerprint density at radius 2 is 2.04 bits per heavy atom. The van der Waals surface area contributed by atoms with Crippen molar-refractivity contribution in [1.82, 2.24) is 0 Å². The van der Waals surface area contributed by atoms with E-state index >= 15 is 0 Å². The van der Waals surface area contributed by atoms with Crippen LogP contribution in [0.4, 0.5) is 0 Å². The van der Waals surface area contributed by atoms with Gasteiger partial charge in [0.25, 0.3) is 0 Å². The fraction of sp³-hybridized carbons (Fsp3) is 0.600. The smallest absolute Gasteiger partial charge is 0.308 e. The van der Waals surface area contributed by atoms with Gasteiger partial charge in [-0.15, -0.1) is 0 Å². The van der Waals surface area contributed by atoms with Gasteiger partial charge in [0.1, 0.15) is 11.5 Å². The fourth-order valence-electron chi connectivity index (χ4n) is 5.71. The van der Waals surface area contributed by atoms with Gasteiger partial charge in [-0.25, -0.2) is 0 Å². The van der Waals surface area contributed by atoms with Crippen LogP contribution in [-0.4, -0.2) is 39.3 Å². The molecule has 0 saturated heterocycles. The molecule has 0 amide bonds. The van der Waals surface area contributed by atoms with E-state index in [1.165, 1.54) is 19.1 Å². The third-order valence-corrected chi connectivity index (χ3v) is 6.88. The molecular formula is C20H24O6. The minimum atomic E-state index is -0.780. The highest BCUT2D eigenvalue weighted by molar-refractivity contribution is 6.00. The third-order valence-electron chi connectivity index (χ3n) is 6.88. The van der Waals surface area contributed by atoms with Crippen molar-refractivity contribution in [3.8, 4) is 11.5 Å². The number of phenols is 1. The molecule has 0 aliphatic heterocycles. The number of hydrogen-bond acceptors (Lipinski definition) is 6. The van der Waals surface area contributed by atoms with Crippen molar-refractivity contribution in [2.75, 3.05) is 0 Å². The Balaban J connectivity index is 1.81. The molecule has 0 unspecified atom stereocenters. The summed E-state index contributed by atoms with van der Waals surface area (Å²) in [6.45, 7) is 3.29. The zero-order valence-electron chi connectivity index (χ0n) is 14.9. The van der Waals surface area contributed by atoms with E-state index in [2.05, 4.69) is 0 Å². The Hall–Kier alpha value is -1.92. The van der Waals surface area contributed by atoms with Crippen molar-refractivity contribution in [1.29, 1.82) is 0 Å². The van der Waals surface area contributed by atoms with Crippen LogP contribution in [0.1, 0.15) is 61.4 Å². The van der Waals surface area contributed by atoms with Crippen LogP contribution in [0.25, 0.3) is 0 Å². The predicted octanol–water partition coefficient (Wildman–Crippen LogP) is 2.15. The maximum absolute atomic E-state index is 12.8. The lowest BCUT2D eigenvalue weighted by molar-refractivity contribution is -0.132. The summed E-state index contributed by atoms with van der Waals surface area (Å²) in [5.74, 6) is -0.419. The molecule has 3 aliphatic carbocycles. The molecule has 0 aromatic heterocycles. The highest BCUT2D eigenvalue weighted by Gasteiger charge is 2.59. The second-order valence-corrected chi connectivity index (χ2v) is 8.30. The lowest BCUT2D eigenvalue weighted by Gasteiger charge is -2.49. The molecule has 26 heavy (non-hydrogen) atoms. The first-order valence-corrected chi connectivity index (χ1v) is 9.17. The van der Waals surface area contributed by atoms with E-state index in [4.69, 9.17) is 4.74 Å². The normalized spacial score (nSPS) is 38.3. The van der Waals surface area contributed by atoms with Crippen LogP contribution in [-0.2, 0) is 4.79 Å². The second kappa shape index (κ2) is 5.79. The molecule has 3 aliphatic rings. The zero-order valence-corrected chi connectivity index (χ0v) is 14.9. The number of carbonyl (C=O) groups is 2. The van der Waals surface area contributed by atoms with Gasteiger partial charge in [0.05, 0.1) is 12.2 Å². The van der Waals surface area contributed by atoms with E-state index in [0.29, 0.717) is 24.0 Å². The zero-order chi connectivity index (χ0) is 18.8. The molecule has 6 atom stereocenters. The SMILES string of the molecule is CC(=O)Oc1cc(O)cc2c1[C@H]1CC[C@]3(C)[C@@H](O)[C@H](O)C[C@H]3[C@@H]1CC2=O. The Morgan fingerprint density at radius 1 is 1.31 bits per heavy atom. The molecule has 1 aromatic carbocycles. The van der Waals surface area contributed by atoms with Crippen molar-refractivity contribution in [3.05, 3.63) is 23.3 Å². The highest BCUT2D eigenvalue weighted by atomic mass is 16.5. The highest BCUT2D eigenvalue weighted by Crippen LogP contribution is 2.62. The first-order chi connectivity index (χ1) is 12.2. The number of Topliss-reactive ketones (excluding diaryl/α,β-unsaturated/α-hetero) is 1. The minimum Gasteiger partial charge on any atom is -0.508 e. The van der Waals surface area contributed by atoms with Crippen LogP contribution in [0.3, 0.4) is 0 Å². The first-order valence-electron chi connectivity index (χ1n) is 9.17. The van der Waals surface area contributed by atoms with E-state index in [1.54, 1.807) is 0 Å². The molecule has 3 N–H and O–H groups in total. The maximum atomic E-state index is 12.8. The molecule has 4 rings (SSSR count). The van der Waals surface area contributed by atoms with Crippen LogP contribution >= 0.6 is 0 Å². The molecule has 0 bridgehead atoms. The van der Waals surface area contributed by atoms with Crippen LogP contribution in [0, 0.1) is 17.3 Å².